The lowest BCUT2D eigenvalue weighted by molar-refractivity contribution is -0.183. The van der Waals surface area contributed by atoms with Gasteiger partial charge in [0.05, 0.1) is 13.2 Å². The Kier molecular flexibility index (Phi) is 5.71. The fourth-order valence-corrected chi connectivity index (χ4v) is 2.54. The normalized spacial score (nSPS) is 25.2. The number of rotatable bonds is 5. The molecule has 0 atom stereocenters. The lowest BCUT2D eigenvalue weighted by Crippen LogP contribution is -2.47. The van der Waals surface area contributed by atoms with Crippen LogP contribution in [-0.4, -0.2) is 68.6 Å². The van der Waals surface area contributed by atoms with Crippen molar-refractivity contribution in [1.29, 1.82) is 0 Å². The van der Waals surface area contributed by atoms with Gasteiger partial charge in [0.25, 0.3) is 0 Å². The van der Waals surface area contributed by atoms with Crippen LogP contribution in [0, 0.1) is 0 Å². The molecule has 0 amide bonds. The molecule has 0 aliphatic carbocycles. The summed E-state index contributed by atoms with van der Waals surface area (Å²) < 4.78 is 11.1. The van der Waals surface area contributed by atoms with Gasteiger partial charge in [0, 0.05) is 39.1 Å². The summed E-state index contributed by atoms with van der Waals surface area (Å²) in [4.78, 5) is 5.09. The van der Waals surface area contributed by atoms with Crippen LogP contribution in [0.3, 0.4) is 0 Å². The van der Waals surface area contributed by atoms with Gasteiger partial charge in [0.15, 0.2) is 6.29 Å². The van der Waals surface area contributed by atoms with E-state index in [1.54, 1.807) is 0 Å². The van der Waals surface area contributed by atoms with Crippen LogP contribution in [0.15, 0.2) is 0 Å². The van der Waals surface area contributed by atoms with Crippen LogP contribution in [0.1, 0.15) is 26.2 Å². The van der Waals surface area contributed by atoms with Crippen molar-refractivity contribution in [2.45, 2.75) is 32.5 Å². The van der Waals surface area contributed by atoms with E-state index in [1.165, 1.54) is 39.1 Å². The minimum atomic E-state index is 0.0532. The van der Waals surface area contributed by atoms with Crippen LogP contribution in [0.2, 0.25) is 0 Å². The molecule has 0 spiro atoms. The Labute approximate surface area is 105 Å². The molecular weight excluding hydrogens is 216 g/mol. The van der Waals surface area contributed by atoms with Gasteiger partial charge in [-0.25, -0.2) is 0 Å². The van der Waals surface area contributed by atoms with Crippen LogP contribution < -0.4 is 0 Å². The average Bonchev–Trinajstić information content (AvgIpc) is 2.40. The van der Waals surface area contributed by atoms with E-state index in [9.17, 15) is 0 Å². The zero-order valence-corrected chi connectivity index (χ0v) is 11.1. The first-order valence-corrected chi connectivity index (χ1v) is 7.06. The molecule has 0 bridgehead atoms. The maximum Gasteiger partial charge on any atom is 0.158 e. The van der Waals surface area contributed by atoms with Crippen LogP contribution in [0.5, 0.6) is 0 Å². The number of piperazine rings is 1. The number of hydrogen-bond acceptors (Lipinski definition) is 4. The third-order valence-corrected chi connectivity index (χ3v) is 3.58. The van der Waals surface area contributed by atoms with E-state index in [-0.39, 0.29) is 6.29 Å². The summed E-state index contributed by atoms with van der Waals surface area (Å²) in [6.45, 7) is 11.2. The van der Waals surface area contributed by atoms with Gasteiger partial charge in [0.2, 0.25) is 0 Å². The molecule has 0 saturated carbocycles. The standard InChI is InChI=1S/C13H26N2O2/c1-2-5-14-7-9-15(10-8-14)6-4-13-16-11-3-12-17-13/h13H,2-12H2,1H3. The molecule has 0 aromatic heterocycles. The Hall–Kier alpha value is -0.160. The van der Waals surface area contributed by atoms with Gasteiger partial charge in [-0.3, -0.25) is 0 Å². The summed E-state index contributed by atoms with van der Waals surface area (Å²) in [5, 5.41) is 0. The molecular formula is C13H26N2O2. The predicted molar refractivity (Wildman–Crippen MR) is 68.1 cm³/mol. The molecule has 2 rings (SSSR count). The van der Waals surface area contributed by atoms with Gasteiger partial charge < -0.3 is 19.3 Å². The highest BCUT2D eigenvalue weighted by Crippen LogP contribution is 2.10. The Bertz CT molecular complexity index is 200. The molecule has 2 heterocycles. The summed E-state index contributed by atoms with van der Waals surface area (Å²) in [5.74, 6) is 0. The highest BCUT2D eigenvalue weighted by atomic mass is 16.7. The second kappa shape index (κ2) is 7.31. The van der Waals surface area contributed by atoms with Crippen LogP contribution in [0.4, 0.5) is 0 Å². The van der Waals surface area contributed by atoms with Crippen molar-refractivity contribution in [2.24, 2.45) is 0 Å². The molecule has 0 aromatic carbocycles. The second-order valence-electron chi connectivity index (χ2n) is 5.00. The minimum Gasteiger partial charge on any atom is -0.353 e. The Morgan fingerprint density at radius 1 is 0.941 bits per heavy atom. The third kappa shape index (κ3) is 4.54. The number of ether oxygens (including phenoxy) is 2. The maximum atomic E-state index is 5.57. The molecule has 0 aromatic rings. The van der Waals surface area contributed by atoms with E-state index in [0.29, 0.717) is 0 Å². The zero-order chi connectivity index (χ0) is 11.9. The van der Waals surface area contributed by atoms with E-state index in [0.717, 1.165) is 32.6 Å². The monoisotopic (exact) mass is 242 g/mol. The first-order chi connectivity index (χ1) is 8.38. The topological polar surface area (TPSA) is 24.9 Å². The van der Waals surface area contributed by atoms with Gasteiger partial charge in [-0.1, -0.05) is 6.92 Å². The largest absolute Gasteiger partial charge is 0.353 e. The Morgan fingerprint density at radius 3 is 2.12 bits per heavy atom. The molecule has 2 aliphatic heterocycles. The van der Waals surface area contributed by atoms with Crippen molar-refractivity contribution < 1.29 is 9.47 Å². The summed E-state index contributed by atoms with van der Waals surface area (Å²) >= 11 is 0. The Balaban J connectivity index is 1.57. The van der Waals surface area contributed by atoms with Gasteiger partial charge >= 0.3 is 0 Å². The predicted octanol–water partition coefficient (Wildman–Crippen LogP) is 1.17. The minimum absolute atomic E-state index is 0.0532. The first-order valence-electron chi connectivity index (χ1n) is 7.06. The van der Waals surface area contributed by atoms with Crippen molar-refractivity contribution in [2.75, 3.05) is 52.5 Å². The zero-order valence-electron chi connectivity index (χ0n) is 11.1. The molecule has 0 unspecified atom stereocenters. The van der Waals surface area contributed by atoms with Gasteiger partial charge in [-0.15, -0.1) is 0 Å². The third-order valence-electron chi connectivity index (χ3n) is 3.58. The molecule has 0 radical (unpaired) electrons. The maximum absolute atomic E-state index is 5.57. The first kappa shape index (κ1) is 13.3. The fourth-order valence-electron chi connectivity index (χ4n) is 2.54. The summed E-state index contributed by atoms with van der Waals surface area (Å²) in [7, 11) is 0. The molecule has 2 saturated heterocycles. The van der Waals surface area contributed by atoms with Crippen molar-refractivity contribution in [3.8, 4) is 0 Å². The van der Waals surface area contributed by atoms with Crippen LogP contribution in [-0.2, 0) is 9.47 Å². The van der Waals surface area contributed by atoms with Gasteiger partial charge in [-0.05, 0) is 19.4 Å². The van der Waals surface area contributed by atoms with E-state index >= 15 is 0 Å². The fraction of sp³-hybridized carbons (Fsp3) is 1.00. The number of nitrogens with zero attached hydrogens (tertiary/aromatic N) is 2. The van der Waals surface area contributed by atoms with Gasteiger partial charge in [-0.2, -0.15) is 0 Å². The molecule has 2 aliphatic rings. The lowest BCUT2D eigenvalue weighted by atomic mass is 10.2. The van der Waals surface area contributed by atoms with E-state index in [1.807, 2.05) is 0 Å². The van der Waals surface area contributed by atoms with Crippen molar-refractivity contribution >= 4 is 0 Å². The highest BCUT2D eigenvalue weighted by molar-refractivity contribution is 4.72. The van der Waals surface area contributed by atoms with Crippen LogP contribution in [0.25, 0.3) is 0 Å². The SMILES string of the molecule is CCCN1CCN(CCC2OCCCO2)CC1. The van der Waals surface area contributed by atoms with E-state index in [2.05, 4.69) is 16.7 Å². The van der Waals surface area contributed by atoms with Crippen molar-refractivity contribution in [3.05, 3.63) is 0 Å². The smallest absolute Gasteiger partial charge is 0.158 e. The van der Waals surface area contributed by atoms with Crippen LogP contribution >= 0.6 is 0 Å². The van der Waals surface area contributed by atoms with E-state index in [4.69, 9.17) is 9.47 Å². The van der Waals surface area contributed by atoms with Crippen molar-refractivity contribution in [3.63, 3.8) is 0 Å². The van der Waals surface area contributed by atoms with Crippen molar-refractivity contribution in [1.82, 2.24) is 9.80 Å². The molecule has 100 valence electrons. The molecule has 2 fully saturated rings. The highest BCUT2D eigenvalue weighted by Gasteiger charge is 2.19. The Morgan fingerprint density at radius 2 is 1.53 bits per heavy atom. The van der Waals surface area contributed by atoms with E-state index < -0.39 is 0 Å². The summed E-state index contributed by atoms with van der Waals surface area (Å²) in [6, 6.07) is 0. The van der Waals surface area contributed by atoms with Gasteiger partial charge in [0.1, 0.15) is 0 Å². The summed E-state index contributed by atoms with van der Waals surface area (Å²) in [6.07, 6.45) is 3.39. The number of hydrogen-bond donors (Lipinski definition) is 0. The quantitative estimate of drug-likeness (QED) is 0.722. The molecule has 17 heavy (non-hydrogen) atoms. The second-order valence-corrected chi connectivity index (χ2v) is 5.00. The molecule has 0 N–H and O–H groups in total. The average molecular weight is 242 g/mol. The molecule has 4 heteroatoms. The summed E-state index contributed by atoms with van der Waals surface area (Å²) in [5.41, 5.74) is 0. The molecule has 4 nitrogen and oxygen atoms in total. The lowest BCUT2D eigenvalue weighted by Gasteiger charge is -2.35.